The molecule has 0 atom stereocenters. The summed E-state index contributed by atoms with van der Waals surface area (Å²) in [6.45, 7) is 3.30. The van der Waals surface area contributed by atoms with Crippen LogP contribution in [0.5, 0.6) is 0 Å². The summed E-state index contributed by atoms with van der Waals surface area (Å²) in [6, 6.07) is 1.60. The SMILES string of the molecule is C#CCOCCOCCOCCn1ccc(C(=O)OC)n1. The highest BCUT2D eigenvalue weighted by Gasteiger charge is 2.08. The maximum atomic E-state index is 11.2. The Balaban J connectivity index is 1.98. The molecule has 0 N–H and O–H groups in total. The molecule has 1 heterocycles. The van der Waals surface area contributed by atoms with Crippen LogP contribution in [-0.4, -0.2) is 62.5 Å². The van der Waals surface area contributed by atoms with Crippen molar-refractivity contribution in [3.05, 3.63) is 18.0 Å². The van der Waals surface area contributed by atoms with E-state index in [1.165, 1.54) is 7.11 Å². The lowest BCUT2D eigenvalue weighted by Crippen LogP contribution is -2.13. The lowest BCUT2D eigenvalue weighted by Gasteiger charge is -2.06. The second-order valence-corrected chi connectivity index (χ2v) is 3.94. The first kappa shape index (κ1) is 17.2. The van der Waals surface area contributed by atoms with Crippen molar-refractivity contribution in [2.24, 2.45) is 0 Å². The van der Waals surface area contributed by atoms with E-state index >= 15 is 0 Å². The second-order valence-electron chi connectivity index (χ2n) is 3.94. The first-order chi connectivity index (χ1) is 10.3. The third-order valence-corrected chi connectivity index (χ3v) is 2.43. The molecule has 0 aliphatic carbocycles. The topological polar surface area (TPSA) is 71.8 Å². The molecule has 0 aliphatic heterocycles. The number of hydrogen-bond acceptors (Lipinski definition) is 6. The van der Waals surface area contributed by atoms with Gasteiger partial charge in [-0.2, -0.15) is 5.10 Å². The molecule has 1 aromatic rings. The first-order valence-electron chi connectivity index (χ1n) is 6.56. The predicted molar refractivity (Wildman–Crippen MR) is 74.9 cm³/mol. The van der Waals surface area contributed by atoms with Crippen molar-refractivity contribution in [1.29, 1.82) is 0 Å². The molecule has 1 rings (SSSR count). The molecule has 0 spiro atoms. The molecular weight excluding hydrogens is 276 g/mol. The third-order valence-electron chi connectivity index (χ3n) is 2.43. The van der Waals surface area contributed by atoms with Crippen LogP contribution in [0.15, 0.2) is 12.3 Å². The van der Waals surface area contributed by atoms with Gasteiger partial charge in [0.25, 0.3) is 0 Å². The second kappa shape index (κ2) is 10.9. The van der Waals surface area contributed by atoms with E-state index in [4.69, 9.17) is 20.6 Å². The molecule has 0 unspecified atom stereocenters. The highest BCUT2D eigenvalue weighted by molar-refractivity contribution is 5.86. The van der Waals surface area contributed by atoms with Gasteiger partial charge in [-0.1, -0.05) is 5.92 Å². The Bertz CT molecular complexity index is 452. The van der Waals surface area contributed by atoms with Gasteiger partial charge in [0.1, 0.15) is 6.61 Å². The predicted octanol–water partition coefficient (Wildman–Crippen LogP) is 0.353. The monoisotopic (exact) mass is 296 g/mol. The summed E-state index contributed by atoms with van der Waals surface area (Å²) in [7, 11) is 1.32. The Morgan fingerprint density at radius 1 is 1.24 bits per heavy atom. The average molecular weight is 296 g/mol. The summed E-state index contributed by atoms with van der Waals surface area (Å²) in [5, 5.41) is 4.05. The molecule has 1 aromatic heterocycles. The number of ether oxygens (including phenoxy) is 4. The van der Waals surface area contributed by atoms with Gasteiger partial charge in [-0.25, -0.2) is 4.79 Å². The number of carbonyl (C=O) groups excluding carboxylic acids is 1. The van der Waals surface area contributed by atoms with Gasteiger partial charge in [-0.05, 0) is 6.07 Å². The number of rotatable bonds is 11. The van der Waals surface area contributed by atoms with E-state index in [1.807, 2.05) is 0 Å². The van der Waals surface area contributed by atoms with E-state index in [-0.39, 0.29) is 5.69 Å². The summed E-state index contributed by atoms with van der Waals surface area (Å²) in [5.41, 5.74) is 0.285. The Morgan fingerprint density at radius 2 is 1.90 bits per heavy atom. The minimum Gasteiger partial charge on any atom is -0.464 e. The number of hydrogen-bond donors (Lipinski definition) is 0. The van der Waals surface area contributed by atoms with E-state index in [2.05, 4.69) is 15.8 Å². The summed E-state index contributed by atoms with van der Waals surface area (Å²) in [4.78, 5) is 11.2. The molecule has 116 valence electrons. The standard InChI is InChI=1S/C14H20N2O5/c1-3-7-19-9-11-21-12-10-20-8-6-16-5-4-13(15-16)14(17)18-2/h1,4-5H,6-12H2,2H3. The van der Waals surface area contributed by atoms with Gasteiger partial charge in [0, 0.05) is 6.20 Å². The molecule has 21 heavy (non-hydrogen) atoms. The van der Waals surface area contributed by atoms with E-state index in [1.54, 1.807) is 16.9 Å². The number of carbonyl (C=O) groups is 1. The number of terminal acetylenes is 1. The highest BCUT2D eigenvalue weighted by atomic mass is 16.5. The molecule has 0 bridgehead atoms. The van der Waals surface area contributed by atoms with E-state index in [0.717, 1.165) is 0 Å². The van der Waals surface area contributed by atoms with Crippen LogP contribution < -0.4 is 0 Å². The van der Waals surface area contributed by atoms with Gasteiger partial charge >= 0.3 is 5.97 Å². The van der Waals surface area contributed by atoms with Crippen LogP contribution in [0.3, 0.4) is 0 Å². The lowest BCUT2D eigenvalue weighted by atomic mass is 10.4. The normalized spacial score (nSPS) is 10.3. The van der Waals surface area contributed by atoms with Gasteiger partial charge in [0.15, 0.2) is 5.69 Å². The zero-order valence-corrected chi connectivity index (χ0v) is 12.1. The maximum Gasteiger partial charge on any atom is 0.358 e. The van der Waals surface area contributed by atoms with Crippen LogP contribution in [0.2, 0.25) is 0 Å². The molecule has 7 nitrogen and oxygen atoms in total. The lowest BCUT2D eigenvalue weighted by molar-refractivity contribution is 0.0182. The number of aromatic nitrogens is 2. The van der Waals surface area contributed by atoms with Crippen molar-refractivity contribution in [2.45, 2.75) is 6.54 Å². The highest BCUT2D eigenvalue weighted by Crippen LogP contribution is 1.97. The number of methoxy groups -OCH3 is 1. The average Bonchev–Trinajstić information content (AvgIpc) is 2.97. The Labute approximate surface area is 124 Å². The van der Waals surface area contributed by atoms with Crippen LogP contribution >= 0.6 is 0 Å². The van der Waals surface area contributed by atoms with Crippen molar-refractivity contribution in [3.8, 4) is 12.3 Å². The first-order valence-corrected chi connectivity index (χ1v) is 6.56. The van der Waals surface area contributed by atoms with Crippen LogP contribution in [0.4, 0.5) is 0 Å². The van der Waals surface area contributed by atoms with Gasteiger partial charge in [-0.15, -0.1) is 6.42 Å². The smallest absolute Gasteiger partial charge is 0.358 e. The molecule has 0 aromatic carbocycles. The Kier molecular flexibility index (Phi) is 8.88. The van der Waals surface area contributed by atoms with Gasteiger partial charge in [-0.3, -0.25) is 4.68 Å². The molecule has 0 amide bonds. The van der Waals surface area contributed by atoms with Gasteiger partial charge in [0.2, 0.25) is 0 Å². The number of nitrogens with zero attached hydrogens (tertiary/aromatic N) is 2. The number of esters is 1. The molecule has 0 saturated carbocycles. The zero-order valence-electron chi connectivity index (χ0n) is 12.1. The minimum atomic E-state index is -0.449. The van der Waals surface area contributed by atoms with E-state index in [9.17, 15) is 4.79 Å². The summed E-state index contributed by atoms with van der Waals surface area (Å²) >= 11 is 0. The summed E-state index contributed by atoms with van der Waals surface area (Å²) in [6.07, 6.45) is 6.73. The van der Waals surface area contributed by atoms with Crippen molar-refractivity contribution >= 4 is 5.97 Å². The van der Waals surface area contributed by atoms with Crippen LogP contribution in [0.1, 0.15) is 10.5 Å². The van der Waals surface area contributed by atoms with Gasteiger partial charge < -0.3 is 18.9 Å². The summed E-state index contributed by atoms with van der Waals surface area (Å²) in [5.74, 6) is 1.93. The maximum absolute atomic E-state index is 11.2. The van der Waals surface area contributed by atoms with E-state index in [0.29, 0.717) is 46.2 Å². The molecular formula is C14H20N2O5. The van der Waals surface area contributed by atoms with Gasteiger partial charge in [0.05, 0.1) is 46.7 Å². The molecule has 0 radical (unpaired) electrons. The fourth-order valence-corrected chi connectivity index (χ4v) is 1.43. The fourth-order valence-electron chi connectivity index (χ4n) is 1.43. The molecule has 0 saturated heterocycles. The zero-order chi connectivity index (χ0) is 15.3. The van der Waals surface area contributed by atoms with Crippen molar-refractivity contribution in [3.63, 3.8) is 0 Å². The third kappa shape index (κ3) is 7.46. The Hall–Kier alpha value is -1.88. The quantitative estimate of drug-likeness (QED) is 0.333. The largest absolute Gasteiger partial charge is 0.464 e. The summed E-state index contributed by atoms with van der Waals surface area (Å²) < 4.78 is 21.9. The Morgan fingerprint density at radius 3 is 2.57 bits per heavy atom. The van der Waals surface area contributed by atoms with Crippen molar-refractivity contribution in [2.75, 3.05) is 46.8 Å². The molecule has 0 fully saturated rings. The van der Waals surface area contributed by atoms with Crippen molar-refractivity contribution < 1.29 is 23.7 Å². The minimum absolute atomic E-state index is 0.285. The van der Waals surface area contributed by atoms with Crippen LogP contribution in [0.25, 0.3) is 0 Å². The molecule has 7 heteroatoms. The van der Waals surface area contributed by atoms with Crippen LogP contribution in [0, 0.1) is 12.3 Å². The van der Waals surface area contributed by atoms with Crippen LogP contribution in [-0.2, 0) is 25.5 Å². The van der Waals surface area contributed by atoms with E-state index < -0.39 is 5.97 Å². The molecule has 0 aliphatic rings. The van der Waals surface area contributed by atoms with Crippen molar-refractivity contribution in [1.82, 2.24) is 9.78 Å². The fraction of sp³-hybridized carbons (Fsp3) is 0.571.